The molecule has 1 atom stereocenters. The van der Waals surface area contributed by atoms with Gasteiger partial charge in [-0.05, 0) is 32.0 Å². The number of ether oxygens (including phenoxy) is 1. The van der Waals surface area contributed by atoms with Crippen LogP contribution in [-0.2, 0) is 4.74 Å². The van der Waals surface area contributed by atoms with E-state index in [-0.39, 0.29) is 18.3 Å². The van der Waals surface area contributed by atoms with Crippen LogP contribution in [-0.4, -0.2) is 42.8 Å². The van der Waals surface area contributed by atoms with Crippen molar-refractivity contribution in [2.75, 3.05) is 24.6 Å². The van der Waals surface area contributed by atoms with Crippen molar-refractivity contribution in [2.24, 2.45) is 0 Å². The molecule has 1 aliphatic rings. The first-order valence-electron chi connectivity index (χ1n) is 6.23. The zero-order valence-corrected chi connectivity index (χ0v) is 11.9. The summed E-state index contributed by atoms with van der Waals surface area (Å²) in [6, 6.07) is 5.25. The minimum absolute atomic E-state index is 0.0378. The first-order valence-corrected chi connectivity index (χ1v) is 6.61. The first-order chi connectivity index (χ1) is 8.95. The highest BCUT2D eigenvalue weighted by Gasteiger charge is 2.33. The number of halogens is 1. The van der Waals surface area contributed by atoms with Gasteiger partial charge in [-0.2, -0.15) is 0 Å². The molecule has 4 nitrogen and oxygen atoms in total. The van der Waals surface area contributed by atoms with Gasteiger partial charge in [-0.15, -0.1) is 0 Å². The van der Waals surface area contributed by atoms with Gasteiger partial charge in [0.2, 0.25) is 0 Å². The largest absolute Gasteiger partial charge is 0.394 e. The van der Waals surface area contributed by atoms with E-state index >= 15 is 0 Å². The maximum atomic E-state index is 11.2. The van der Waals surface area contributed by atoms with Crippen molar-refractivity contribution in [1.82, 2.24) is 0 Å². The van der Waals surface area contributed by atoms with Gasteiger partial charge in [0.15, 0.2) is 6.29 Å². The minimum Gasteiger partial charge on any atom is -0.394 e. The van der Waals surface area contributed by atoms with E-state index in [1.807, 2.05) is 19.9 Å². The highest BCUT2D eigenvalue weighted by molar-refractivity contribution is 6.31. The lowest BCUT2D eigenvalue weighted by Crippen LogP contribution is -2.54. The third-order valence-electron chi connectivity index (χ3n) is 3.14. The number of carbonyl (C=O) groups is 1. The van der Waals surface area contributed by atoms with Crippen LogP contribution in [0.2, 0.25) is 5.02 Å². The van der Waals surface area contributed by atoms with Crippen LogP contribution >= 0.6 is 11.6 Å². The number of hydrogen-bond donors (Lipinski definition) is 1. The Morgan fingerprint density at radius 3 is 2.95 bits per heavy atom. The van der Waals surface area contributed by atoms with Crippen LogP contribution < -0.4 is 4.90 Å². The van der Waals surface area contributed by atoms with E-state index in [0.29, 0.717) is 23.7 Å². The fraction of sp³-hybridized carbons (Fsp3) is 0.500. The number of hydrogen-bond acceptors (Lipinski definition) is 4. The maximum absolute atomic E-state index is 11.2. The Morgan fingerprint density at radius 1 is 1.58 bits per heavy atom. The number of aliphatic hydroxyl groups excluding tert-OH is 1. The van der Waals surface area contributed by atoms with Gasteiger partial charge in [-0.1, -0.05) is 11.6 Å². The Bertz CT molecular complexity index is 476. The number of rotatable bonds is 3. The summed E-state index contributed by atoms with van der Waals surface area (Å²) in [5.74, 6) is 0. The van der Waals surface area contributed by atoms with E-state index in [4.69, 9.17) is 16.3 Å². The third-order valence-corrected chi connectivity index (χ3v) is 3.38. The van der Waals surface area contributed by atoms with Gasteiger partial charge in [0.05, 0.1) is 18.3 Å². The zero-order valence-electron chi connectivity index (χ0n) is 11.1. The fourth-order valence-corrected chi connectivity index (χ4v) is 2.66. The number of aldehydes is 1. The normalized spacial score (nSPS) is 22.3. The minimum atomic E-state index is -0.370. The molecule has 1 fully saturated rings. The van der Waals surface area contributed by atoms with Crippen molar-refractivity contribution in [3.05, 3.63) is 28.8 Å². The van der Waals surface area contributed by atoms with Gasteiger partial charge < -0.3 is 14.7 Å². The highest BCUT2D eigenvalue weighted by atomic mass is 35.5. The van der Waals surface area contributed by atoms with E-state index in [9.17, 15) is 9.90 Å². The summed E-state index contributed by atoms with van der Waals surface area (Å²) in [5, 5.41) is 9.86. The summed E-state index contributed by atoms with van der Waals surface area (Å²) in [7, 11) is 0. The smallest absolute Gasteiger partial charge is 0.152 e. The van der Waals surface area contributed by atoms with Crippen molar-refractivity contribution in [1.29, 1.82) is 0 Å². The second-order valence-electron chi connectivity index (χ2n) is 5.38. The second-order valence-corrected chi connectivity index (χ2v) is 5.82. The van der Waals surface area contributed by atoms with Crippen LogP contribution in [0.15, 0.2) is 18.2 Å². The van der Waals surface area contributed by atoms with Crippen LogP contribution in [0.5, 0.6) is 0 Å². The quantitative estimate of drug-likeness (QED) is 0.864. The first kappa shape index (κ1) is 14.3. The molecule has 1 N–H and O–H groups in total. The monoisotopic (exact) mass is 283 g/mol. The molecule has 0 bridgehead atoms. The Balaban J connectivity index is 2.32. The van der Waals surface area contributed by atoms with Crippen LogP contribution in [0.1, 0.15) is 24.2 Å². The summed E-state index contributed by atoms with van der Waals surface area (Å²) >= 11 is 5.90. The molecule has 1 unspecified atom stereocenters. The van der Waals surface area contributed by atoms with Crippen LogP contribution in [0.4, 0.5) is 5.69 Å². The summed E-state index contributed by atoms with van der Waals surface area (Å²) in [6.45, 7) is 5.12. The molecular weight excluding hydrogens is 266 g/mol. The van der Waals surface area contributed by atoms with E-state index in [1.165, 1.54) is 0 Å². The summed E-state index contributed by atoms with van der Waals surface area (Å²) in [5.41, 5.74) is 1.02. The molecule has 0 aliphatic carbocycles. The number of carbonyl (C=O) groups excluding carboxylic acids is 1. The van der Waals surface area contributed by atoms with E-state index in [0.717, 1.165) is 12.0 Å². The predicted molar refractivity (Wildman–Crippen MR) is 75.1 cm³/mol. The van der Waals surface area contributed by atoms with Crippen molar-refractivity contribution < 1.29 is 14.6 Å². The fourth-order valence-electron chi connectivity index (χ4n) is 2.48. The van der Waals surface area contributed by atoms with E-state index in [1.54, 1.807) is 12.1 Å². The lowest BCUT2D eigenvalue weighted by molar-refractivity contribution is -0.101. The zero-order chi connectivity index (χ0) is 14.0. The maximum Gasteiger partial charge on any atom is 0.152 e. The Hall–Kier alpha value is -1.10. The lowest BCUT2D eigenvalue weighted by Gasteiger charge is -2.43. The molecule has 0 saturated carbocycles. The molecule has 19 heavy (non-hydrogen) atoms. The van der Waals surface area contributed by atoms with E-state index < -0.39 is 0 Å². The van der Waals surface area contributed by atoms with Crippen molar-refractivity contribution in [2.45, 2.75) is 25.6 Å². The van der Waals surface area contributed by atoms with Gasteiger partial charge in [0.1, 0.15) is 0 Å². The molecule has 5 heteroatoms. The van der Waals surface area contributed by atoms with E-state index in [2.05, 4.69) is 4.90 Å². The number of aliphatic hydroxyl groups is 1. The van der Waals surface area contributed by atoms with Crippen LogP contribution in [0.25, 0.3) is 0 Å². The highest BCUT2D eigenvalue weighted by Crippen LogP contribution is 2.29. The number of anilines is 1. The van der Waals surface area contributed by atoms with Crippen LogP contribution in [0.3, 0.4) is 0 Å². The summed E-state index contributed by atoms with van der Waals surface area (Å²) < 4.78 is 5.77. The van der Waals surface area contributed by atoms with Crippen molar-refractivity contribution in [3.8, 4) is 0 Å². The topological polar surface area (TPSA) is 49.8 Å². The molecule has 104 valence electrons. The van der Waals surface area contributed by atoms with Crippen LogP contribution in [0, 0.1) is 0 Å². The number of morpholine rings is 1. The number of benzene rings is 1. The molecule has 0 aromatic heterocycles. The average molecular weight is 284 g/mol. The third kappa shape index (κ3) is 3.26. The molecule has 2 rings (SSSR count). The summed E-state index contributed by atoms with van der Waals surface area (Å²) in [4.78, 5) is 13.2. The Labute approximate surface area is 117 Å². The standard InChI is InChI=1S/C14H18ClNO3/c1-14(2)9-16(6-12(8-18)19-14)13-4-3-11(15)5-10(13)7-17/h3-5,7,12,18H,6,8-9H2,1-2H3. The SMILES string of the molecule is CC1(C)CN(c2ccc(Cl)cc2C=O)CC(CO)O1. The molecule has 1 aromatic rings. The van der Waals surface area contributed by atoms with Gasteiger partial charge >= 0.3 is 0 Å². The number of nitrogens with zero attached hydrogens (tertiary/aromatic N) is 1. The van der Waals surface area contributed by atoms with Crippen molar-refractivity contribution in [3.63, 3.8) is 0 Å². The second kappa shape index (κ2) is 5.49. The Kier molecular flexibility index (Phi) is 4.13. The average Bonchev–Trinajstić information content (AvgIpc) is 2.36. The molecule has 0 amide bonds. The summed E-state index contributed by atoms with van der Waals surface area (Å²) in [6.07, 6.45) is 0.552. The lowest BCUT2D eigenvalue weighted by atomic mass is 10.0. The predicted octanol–water partition coefficient (Wildman–Crippen LogP) is 2.13. The Morgan fingerprint density at radius 2 is 2.32 bits per heavy atom. The molecule has 1 aromatic carbocycles. The van der Waals surface area contributed by atoms with Crippen molar-refractivity contribution >= 4 is 23.6 Å². The molecule has 1 saturated heterocycles. The molecule has 1 aliphatic heterocycles. The van der Waals surface area contributed by atoms with Gasteiger partial charge in [-0.25, -0.2) is 0 Å². The van der Waals surface area contributed by atoms with Gasteiger partial charge in [0, 0.05) is 29.4 Å². The molecule has 1 heterocycles. The van der Waals surface area contributed by atoms with Gasteiger partial charge in [-0.3, -0.25) is 4.79 Å². The molecular formula is C14H18ClNO3. The van der Waals surface area contributed by atoms with Gasteiger partial charge in [0.25, 0.3) is 0 Å². The molecule has 0 radical (unpaired) electrons. The molecule has 0 spiro atoms.